The average molecular weight is 647 g/mol. The Morgan fingerprint density at radius 3 is 1.76 bits per heavy atom. The fraction of sp³-hybridized carbons (Fsp3) is 0.167. The Balaban J connectivity index is 1.10. The highest BCUT2D eigenvalue weighted by Gasteiger charge is 2.22. The largest absolute Gasteiger partial charge is 0.314 e. The molecule has 5 aromatic rings. The summed E-state index contributed by atoms with van der Waals surface area (Å²) in [7, 11) is 0. The number of anilines is 2. The molecule has 50 heavy (non-hydrogen) atoms. The van der Waals surface area contributed by atoms with Crippen LogP contribution in [-0.2, 0) is 0 Å². The summed E-state index contributed by atoms with van der Waals surface area (Å²) >= 11 is 0. The number of benzene rings is 4. The molecule has 4 aliphatic rings. The summed E-state index contributed by atoms with van der Waals surface area (Å²) in [6.45, 7) is 0. The van der Waals surface area contributed by atoms with Crippen molar-refractivity contribution in [3.63, 3.8) is 0 Å². The minimum absolute atomic E-state index is 0.983. The minimum atomic E-state index is 0.983. The first kappa shape index (κ1) is 30.5. The number of fused-ring (bicyclic) bond motifs is 3. The van der Waals surface area contributed by atoms with Gasteiger partial charge in [0.25, 0.3) is 0 Å². The smallest absolute Gasteiger partial charge is 0.0558 e. The van der Waals surface area contributed by atoms with E-state index >= 15 is 0 Å². The second-order valence-electron chi connectivity index (χ2n) is 13.8. The van der Waals surface area contributed by atoms with Crippen LogP contribution in [0.25, 0.3) is 33.1 Å². The maximum Gasteiger partial charge on any atom is 0.0558 e. The first-order chi connectivity index (χ1) is 24.8. The van der Waals surface area contributed by atoms with Crippen molar-refractivity contribution in [3.05, 3.63) is 191 Å². The fourth-order valence-electron chi connectivity index (χ4n) is 8.29. The van der Waals surface area contributed by atoms with Gasteiger partial charge in [-0.05, 0) is 127 Å². The lowest BCUT2D eigenvalue weighted by atomic mass is 9.85. The number of hydrogen-bond acceptors (Lipinski definition) is 1. The Morgan fingerprint density at radius 2 is 1.08 bits per heavy atom. The van der Waals surface area contributed by atoms with Crippen LogP contribution in [0.2, 0.25) is 0 Å². The quantitative estimate of drug-likeness (QED) is 0.171. The van der Waals surface area contributed by atoms with Crippen molar-refractivity contribution in [1.29, 1.82) is 0 Å². The summed E-state index contributed by atoms with van der Waals surface area (Å²) in [6.07, 6.45) is 29.7. The van der Waals surface area contributed by atoms with Crippen LogP contribution in [-0.4, -0.2) is 4.57 Å². The fourth-order valence-corrected chi connectivity index (χ4v) is 8.29. The second-order valence-corrected chi connectivity index (χ2v) is 13.8. The third-order valence-electron chi connectivity index (χ3n) is 10.9. The van der Waals surface area contributed by atoms with E-state index < -0.39 is 0 Å². The normalized spacial score (nSPS) is 17.7. The zero-order valence-electron chi connectivity index (χ0n) is 28.6. The maximum atomic E-state index is 2.53. The molecular formula is C48H42N2. The third-order valence-corrected chi connectivity index (χ3v) is 10.9. The van der Waals surface area contributed by atoms with E-state index in [1.165, 1.54) is 84.4 Å². The summed E-state index contributed by atoms with van der Waals surface area (Å²) in [5.41, 5.74) is 16.4. The lowest BCUT2D eigenvalue weighted by molar-refractivity contribution is 0.846. The lowest BCUT2D eigenvalue weighted by Gasteiger charge is -2.30. The molecule has 4 aliphatic carbocycles. The van der Waals surface area contributed by atoms with Crippen LogP contribution in [0.15, 0.2) is 186 Å². The number of para-hydroxylation sites is 2. The summed E-state index contributed by atoms with van der Waals surface area (Å²) < 4.78 is 2.53. The van der Waals surface area contributed by atoms with Gasteiger partial charge >= 0.3 is 0 Å². The third kappa shape index (κ3) is 5.75. The number of allylic oxidation sites excluding steroid dienone is 16. The Bertz CT molecular complexity index is 2350. The Hall–Kier alpha value is -5.60. The van der Waals surface area contributed by atoms with Gasteiger partial charge in [0.15, 0.2) is 0 Å². The number of rotatable bonds is 7. The molecule has 244 valence electrons. The van der Waals surface area contributed by atoms with E-state index in [9.17, 15) is 0 Å². The van der Waals surface area contributed by atoms with Crippen molar-refractivity contribution in [2.45, 2.75) is 51.4 Å². The Morgan fingerprint density at radius 1 is 0.440 bits per heavy atom. The minimum Gasteiger partial charge on any atom is -0.314 e. The molecule has 0 saturated heterocycles. The van der Waals surface area contributed by atoms with Gasteiger partial charge in [-0.3, -0.25) is 0 Å². The summed E-state index contributed by atoms with van der Waals surface area (Å²) in [5.74, 6) is 0. The predicted molar refractivity (Wildman–Crippen MR) is 213 cm³/mol. The van der Waals surface area contributed by atoms with E-state index in [1.807, 2.05) is 0 Å². The van der Waals surface area contributed by atoms with Crippen LogP contribution in [0.1, 0.15) is 56.9 Å². The van der Waals surface area contributed by atoms with Crippen molar-refractivity contribution >= 4 is 44.5 Å². The van der Waals surface area contributed by atoms with Gasteiger partial charge in [0.05, 0.1) is 11.0 Å². The van der Waals surface area contributed by atoms with Crippen molar-refractivity contribution < 1.29 is 0 Å². The van der Waals surface area contributed by atoms with Gasteiger partial charge < -0.3 is 9.47 Å². The first-order valence-electron chi connectivity index (χ1n) is 18.3. The number of hydrogen-bond donors (Lipinski definition) is 0. The first-order valence-corrected chi connectivity index (χ1v) is 18.3. The number of aromatic nitrogens is 1. The molecule has 0 saturated carbocycles. The highest BCUT2D eigenvalue weighted by atomic mass is 15.2. The van der Waals surface area contributed by atoms with E-state index in [1.54, 1.807) is 0 Å². The van der Waals surface area contributed by atoms with Gasteiger partial charge in [0.2, 0.25) is 0 Å². The van der Waals surface area contributed by atoms with Crippen molar-refractivity contribution in [3.8, 4) is 0 Å². The van der Waals surface area contributed by atoms with E-state index in [0.717, 1.165) is 44.9 Å². The molecule has 1 heterocycles. The van der Waals surface area contributed by atoms with Gasteiger partial charge in [-0.2, -0.15) is 0 Å². The highest BCUT2D eigenvalue weighted by Crippen LogP contribution is 2.42. The molecule has 2 nitrogen and oxygen atoms in total. The van der Waals surface area contributed by atoms with Gasteiger partial charge in [-0.25, -0.2) is 0 Å². The molecule has 0 unspecified atom stereocenters. The van der Waals surface area contributed by atoms with Crippen molar-refractivity contribution in [2.75, 3.05) is 4.90 Å². The highest BCUT2D eigenvalue weighted by molar-refractivity contribution is 6.11. The van der Waals surface area contributed by atoms with Gasteiger partial charge in [-0.1, -0.05) is 115 Å². The van der Waals surface area contributed by atoms with E-state index in [-0.39, 0.29) is 0 Å². The standard InChI is InChI=1S/C48H42N2/c1-4-12-35(13-5-1)37-20-22-38(23-21-37)40-26-30-43(31-27-40)50-47-19-11-10-18-45(47)46-33-32-44(34-48(46)50)49(41-16-8-3-9-17-41)42-28-24-39(25-29-42)36-14-6-2-7-15-36/h1-4,6-12,14-20,22,24,26,28,30,32-34H,5,13,21,23,25,27,29,31H2. The predicted octanol–water partition coefficient (Wildman–Crippen LogP) is 13.2. The Kier molecular flexibility index (Phi) is 8.14. The molecule has 1 aromatic heterocycles. The Labute approximate surface area is 295 Å². The molecule has 9 rings (SSSR count). The maximum absolute atomic E-state index is 2.53. The molecule has 0 radical (unpaired) electrons. The lowest BCUT2D eigenvalue weighted by Crippen LogP contribution is -2.18. The van der Waals surface area contributed by atoms with Crippen LogP contribution >= 0.6 is 0 Å². The van der Waals surface area contributed by atoms with Crippen LogP contribution in [0, 0.1) is 0 Å². The molecule has 0 spiro atoms. The van der Waals surface area contributed by atoms with Gasteiger partial charge in [0.1, 0.15) is 0 Å². The van der Waals surface area contributed by atoms with Crippen LogP contribution < -0.4 is 4.90 Å². The van der Waals surface area contributed by atoms with E-state index in [4.69, 9.17) is 0 Å². The van der Waals surface area contributed by atoms with Crippen LogP contribution in [0.3, 0.4) is 0 Å². The molecule has 0 atom stereocenters. The number of nitrogens with zero attached hydrogens (tertiary/aromatic N) is 2. The van der Waals surface area contributed by atoms with Crippen molar-refractivity contribution in [2.24, 2.45) is 0 Å². The van der Waals surface area contributed by atoms with E-state index in [0.29, 0.717) is 0 Å². The van der Waals surface area contributed by atoms with Crippen LogP contribution in [0.4, 0.5) is 11.4 Å². The second kappa shape index (κ2) is 13.4. The SMILES string of the molecule is C1=CCCC(C2=CC=C(C3=CC=C(n4c5ccccc5c5ccc(N(C6=CC=C(c7ccccc7)CC6)c6ccccc6)cc54)CC3)CC2)=C1. The van der Waals surface area contributed by atoms with Gasteiger partial charge in [0, 0.05) is 33.5 Å². The van der Waals surface area contributed by atoms with E-state index in [2.05, 4.69) is 167 Å². The van der Waals surface area contributed by atoms with Crippen molar-refractivity contribution in [1.82, 2.24) is 4.57 Å². The molecule has 0 fully saturated rings. The molecule has 4 aromatic carbocycles. The summed E-state index contributed by atoms with van der Waals surface area (Å²) in [6, 6.07) is 37.6. The molecule has 2 heteroatoms. The molecule has 0 N–H and O–H groups in total. The zero-order valence-corrected chi connectivity index (χ0v) is 28.6. The zero-order chi connectivity index (χ0) is 33.3. The summed E-state index contributed by atoms with van der Waals surface area (Å²) in [5, 5.41) is 2.61. The topological polar surface area (TPSA) is 8.17 Å². The monoisotopic (exact) mass is 646 g/mol. The molecule has 0 aliphatic heterocycles. The molecule has 0 bridgehead atoms. The molecule has 0 amide bonds. The average Bonchev–Trinajstić information content (AvgIpc) is 3.53. The van der Waals surface area contributed by atoms with Crippen LogP contribution in [0.5, 0.6) is 0 Å². The summed E-state index contributed by atoms with van der Waals surface area (Å²) in [4.78, 5) is 2.46. The van der Waals surface area contributed by atoms with Gasteiger partial charge in [-0.15, -0.1) is 0 Å². The molecular weight excluding hydrogens is 605 g/mol.